The molecule has 1 saturated heterocycles. The lowest BCUT2D eigenvalue weighted by Gasteiger charge is -2.36. The number of nitrogens with two attached hydrogens (primary N) is 1. The summed E-state index contributed by atoms with van der Waals surface area (Å²) in [4.78, 5) is 45.0. The van der Waals surface area contributed by atoms with Gasteiger partial charge in [0.05, 0.1) is 15.6 Å². The molecular weight excluding hydrogens is 521 g/mol. The minimum Gasteiger partial charge on any atom is -0.481 e. The summed E-state index contributed by atoms with van der Waals surface area (Å²) in [6, 6.07) is 4.47. The van der Waals surface area contributed by atoms with E-state index in [1.807, 2.05) is 17.0 Å². The molecule has 1 aliphatic rings. The van der Waals surface area contributed by atoms with Crippen molar-refractivity contribution in [2.75, 3.05) is 29.4 Å². The van der Waals surface area contributed by atoms with Crippen molar-refractivity contribution in [3.05, 3.63) is 48.2 Å². The Labute approximate surface area is 228 Å². The highest BCUT2D eigenvalue weighted by atomic mass is 32.1. The van der Waals surface area contributed by atoms with Crippen LogP contribution >= 0.6 is 11.3 Å². The molecule has 202 valence electrons. The van der Waals surface area contributed by atoms with Gasteiger partial charge >= 0.3 is 12.0 Å². The largest absolute Gasteiger partial charge is 0.481 e. The second-order valence-corrected chi connectivity index (χ2v) is 10.9. The fraction of sp³-hybridized carbons (Fsp3) is 0.333. The van der Waals surface area contributed by atoms with E-state index in [0.717, 1.165) is 0 Å². The predicted octanol–water partition coefficient (Wildman–Crippen LogP) is 4.86. The third-order valence-electron chi connectivity index (χ3n) is 7.16. The lowest BCUT2D eigenvalue weighted by molar-refractivity contribution is -0.149. The molecule has 0 radical (unpaired) electrons. The van der Waals surface area contributed by atoms with Crippen LogP contribution in [0.1, 0.15) is 32.3 Å². The second kappa shape index (κ2) is 10.2. The van der Waals surface area contributed by atoms with Gasteiger partial charge in [-0.25, -0.2) is 24.1 Å². The molecule has 0 saturated carbocycles. The fourth-order valence-corrected chi connectivity index (χ4v) is 5.77. The number of anilines is 2. The summed E-state index contributed by atoms with van der Waals surface area (Å²) >= 11 is 1.25. The Morgan fingerprint density at radius 2 is 1.82 bits per heavy atom. The van der Waals surface area contributed by atoms with Gasteiger partial charge in [-0.05, 0) is 62.9 Å². The van der Waals surface area contributed by atoms with Crippen LogP contribution in [0, 0.1) is 18.2 Å². The second-order valence-electron chi connectivity index (χ2n) is 9.92. The van der Waals surface area contributed by atoms with Gasteiger partial charge in [0.25, 0.3) is 0 Å². The number of hydrogen-bond donors (Lipinski definition) is 2. The SMILES string of the molecule is CCN(C(N)=O)c1nc2cc(-c3cnc(N4CCC(C)(C(=O)O)CC4)nc3)cc(-c3ncc(C)cc3F)c2s1. The third-order valence-corrected chi connectivity index (χ3v) is 8.29. The maximum absolute atomic E-state index is 15.1. The van der Waals surface area contributed by atoms with Crippen LogP contribution in [0.3, 0.4) is 0 Å². The van der Waals surface area contributed by atoms with Crippen LogP contribution in [-0.4, -0.2) is 56.7 Å². The summed E-state index contributed by atoms with van der Waals surface area (Å²) in [6.07, 6.45) is 5.99. The number of benzene rings is 1. The minimum absolute atomic E-state index is 0.178. The number of carboxylic acid groups (broad SMARTS) is 1. The van der Waals surface area contributed by atoms with Gasteiger partial charge in [-0.2, -0.15) is 0 Å². The topological polar surface area (TPSA) is 138 Å². The van der Waals surface area contributed by atoms with Crippen molar-refractivity contribution in [2.24, 2.45) is 11.1 Å². The highest BCUT2D eigenvalue weighted by Gasteiger charge is 2.37. The Balaban J connectivity index is 1.54. The number of carbonyl (C=O) groups excluding carboxylic acids is 1. The van der Waals surface area contributed by atoms with E-state index in [0.29, 0.717) is 76.0 Å². The number of halogens is 1. The molecule has 3 N–H and O–H groups in total. The molecule has 12 heteroatoms. The first-order valence-corrected chi connectivity index (χ1v) is 13.4. The first kappa shape index (κ1) is 26.4. The molecule has 0 unspecified atom stereocenters. The van der Waals surface area contributed by atoms with Gasteiger partial charge in [-0.1, -0.05) is 11.3 Å². The molecule has 0 atom stereocenters. The zero-order valence-corrected chi connectivity index (χ0v) is 22.6. The van der Waals surface area contributed by atoms with Crippen molar-refractivity contribution < 1.29 is 19.1 Å². The summed E-state index contributed by atoms with van der Waals surface area (Å²) in [5.74, 6) is -0.724. The Hall–Kier alpha value is -4.19. The highest BCUT2D eigenvalue weighted by molar-refractivity contribution is 7.23. The number of rotatable bonds is 6. The van der Waals surface area contributed by atoms with Crippen molar-refractivity contribution >= 4 is 44.6 Å². The van der Waals surface area contributed by atoms with E-state index < -0.39 is 23.2 Å². The van der Waals surface area contributed by atoms with Crippen molar-refractivity contribution in [1.29, 1.82) is 0 Å². The van der Waals surface area contributed by atoms with E-state index >= 15 is 4.39 Å². The van der Waals surface area contributed by atoms with E-state index in [4.69, 9.17) is 5.73 Å². The number of aliphatic carboxylic acids is 1. The number of primary amides is 1. The Bertz CT molecular complexity index is 1570. The van der Waals surface area contributed by atoms with E-state index in [-0.39, 0.29) is 5.69 Å². The van der Waals surface area contributed by atoms with Crippen LogP contribution in [0.15, 0.2) is 36.8 Å². The van der Waals surface area contributed by atoms with Gasteiger partial charge < -0.3 is 15.7 Å². The number of aryl methyl sites for hydroxylation is 1. The van der Waals surface area contributed by atoms with Crippen LogP contribution in [0.4, 0.5) is 20.3 Å². The number of hydrogen-bond acceptors (Lipinski definition) is 8. The standard InChI is InChI=1S/C27H28FN7O3S/c1-4-35(24(29)38)26-33-20-11-16(10-18(22(20)39-26)21-19(28)9-15(2)12-30-21)17-13-31-25(32-14-17)34-7-5-27(3,6-8-34)23(36)37/h9-14H,4-8H2,1-3H3,(H2,29,38)(H,36,37). The molecule has 1 aliphatic heterocycles. The minimum atomic E-state index is -0.785. The number of pyridine rings is 1. The highest BCUT2D eigenvalue weighted by Crippen LogP contribution is 2.40. The predicted molar refractivity (Wildman–Crippen MR) is 148 cm³/mol. The van der Waals surface area contributed by atoms with Crippen molar-refractivity contribution in [3.8, 4) is 22.4 Å². The van der Waals surface area contributed by atoms with Crippen molar-refractivity contribution in [3.63, 3.8) is 0 Å². The van der Waals surface area contributed by atoms with Gasteiger partial charge in [0, 0.05) is 49.4 Å². The van der Waals surface area contributed by atoms with Crippen LogP contribution in [0.5, 0.6) is 0 Å². The number of piperidine rings is 1. The fourth-order valence-electron chi connectivity index (χ4n) is 4.64. The number of nitrogens with zero attached hydrogens (tertiary/aromatic N) is 6. The Kier molecular flexibility index (Phi) is 6.89. The summed E-state index contributed by atoms with van der Waals surface area (Å²) < 4.78 is 15.8. The van der Waals surface area contributed by atoms with E-state index in [1.54, 1.807) is 39.4 Å². The summed E-state index contributed by atoms with van der Waals surface area (Å²) in [5, 5.41) is 9.91. The van der Waals surface area contributed by atoms with Crippen LogP contribution in [-0.2, 0) is 4.79 Å². The van der Waals surface area contributed by atoms with Crippen molar-refractivity contribution in [2.45, 2.75) is 33.6 Å². The van der Waals surface area contributed by atoms with Crippen LogP contribution in [0.2, 0.25) is 0 Å². The molecule has 1 fully saturated rings. The first-order valence-electron chi connectivity index (χ1n) is 12.5. The molecule has 10 nitrogen and oxygen atoms in total. The molecule has 3 aromatic heterocycles. The summed E-state index contributed by atoms with van der Waals surface area (Å²) in [5.41, 5.74) is 8.19. The van der Waals surface area contributed by atoms with Gasteiger partial charge in [0.15, 0.2) is 5.13 Å². The quantitative estimate of drug-likeness (QED) is 0.348. The lowest BCUT2D eigenvalue weighted by atomic mass is 9.80. The van der Waals surface area contributed by atoms with Crippen molar-refractivity contribution in [1.82, 2.24) is 19.9 Å². The maximum Gasteiger partial charge on any atom is 0.321 e. The van der Waals surface area contributed by atoms with E-state index in [1.165, 1.54) is 22.3 Å². The Morgan fingerprint density at radius 1 is 1.13 bits per heavy atom. The zero-order chi connectivity index (χ0) is 27.9. The molecular formula is C27H28FN7O3S. The van der Waals surface area contributed by atoms with E-state index in [9.17, 15) is 14.7 Å². The first-order chi connectivity index (χ1) is 18.6. The number of amides is 2. The molecule has 4 heterocycles. The molecule has 0 spiro atoms. The lowest BCUT2D eigenvalue weighted by Crippen LogP contribution is -2.43. The third kappa shape index (κ3) is 4.99. The van der Waals surface area contributed by atoms with Gasteiger partial charge in [0.2, 0.25) is 5.95 Å². The van der Waals surface area contributed by atoms with E-state index in [2.05, 4.69) is 19.9 Å². The van der Waals surface area contributed by atoms with Gasteiger partial charge in [-0.3, -0.25) is 14.7 Å². The zero-order valence-electron chi connectivity index (χ0n) is 21.8. The van der Waals surface area contributed by atoms with Gasteiger partial charge in [-0.15, -0.1) is 0 Å². The molecule has 39 heavy (non-hydrogen) atoms. The average Bonchev–Trinajstić information content (AvgIpc) is 3.33. The molecule has 0 aliphatic carbocycles. The number of aromatic nitrogens is 4. The molecule has 1 aromatic carbocycles. The average molecular weight is 550 g/mol. The number of carbonyl (C=O) groups is 2. The maximum atomic E-state index is 15.1. The number of carboxylic acids is 1. The molecule has 0 bridgehead atoms. The molecule has 2 amide bonds. The Morgan fingerprint density at radius 3 is 2.41 bits per heavy atom. The molecule has 5 rings (SSSR count). The normalized spacial score (nSPS) is 14.9. The number of fused-ring (bicyclic) bond motifs is 1. The van der Waals surface area contributed by atoms with Gasteiger partial charge in [0.1, 0.15) is 11.5 Å². The van der Waals surface area contributed by atoms with Crippen LogP contribution < -0.4 is 15.5 Å². The van der Waals surface area contributed by atoms with Crippen LogP contribution in [0.25, 0.3) is 32.6 Å². The number of thiazole rings is 1. The molecule has 4 aromatic rings. The summed E-state index contributed by atoms with van der Waals surface area (Å²) in [7, 11) is 0. The smallest absolute Gasteiger partial charge is 0.321 e. The number of urea groups is 1. The monoisotopic (exact) mass is 549 g/mol. The summed E-state index contributed by atoms with van der Waals surface area (Å²) in [6.45, 7) is 6.77.